The first-order valence-electron chi connectivity index (χ1n) is 4.91. The predicted octanol–water partition coefficient (Wildman–Crippen LogP) is 1.25. The van der Waals surface area contributed by atoms with E-state index < -0.39 is 0 Å². The average molecular weight is 183 g/mol. The number of hydrogen-bond acceptors (Lipinski definition) is 3. The van der Waals surface area contributed by atoms with Gasteiger partial charge in [-0.1, -0.05) is 25.5 Å². The SMILES string of the molecule is CCCCOC(=O)C1C=CCCN1. The van der Waals surface area contributed by atoms with Crippen molar-refractivity contribution in [1.29, 1.82) is 0 Å². The largest absolute Gasteiger partial charge is 0.464 e. The van der Waals surface area contributed by atoms with Gasteiger partial charge in [0.25, 0.3) is 0 Å². The van der Waals surface area contributed by atoms with Gasteiger partial charge in [-0.15, -0.1) is 0 Å². The van der Waals surface area contributed by atoms with Crippen molar-refractivity contribution in [2.24, 2.45) is 0 Å². The number of unbranched alkanes of at least 4 members (excludes halogenated alkanes) is 1. The molecular weight excluding hydrogens is 166 g/mol. The van der Waals surface area contributed by atoms with Crippen LogP contribution in [0.25, 0.3) is 0 Å². The van der Waals surface area contributed by atoms with Gasteiger partial charge < -0.3 is 10.1 Å². The van der Waals surface area contributed by atoms with Crippen LogP contribution in [0.2, 0.25) is 0 Å². The van der Waals surface area contributed by atoms with E-state index in [9.17, 15) is 4.79 Å². The lowest BCUT2D eigenvalue weighted by Gasteiger charge is -2.16. The third-order valence-corrected chi connectivity index (χ3v) is 2.00. The fourth-order valence-corrected chi connectivity index (χ4v) is 1.19. The minimum absolute atomic E-state index is 0.149. The van der Waals surface area contributed by atoms with E-state index in [0.29, 0.717) is 6.61 Å². The highest BCUT2D eigenvalue weighted by Crippen LogP contribution is 2.00. The molecule has 0 saturated carbocycles. The predicted molar refractivity (Wildman–Crippen MR) is 51.4 cm³/mol. The average Bonchev–Trinajstić information content (AvgIpc) is 2.19. The van der Waals surface area contributed by atoms with E-state index in [1.807, 2.05) is 12.2 Å². The Hall–Kier alpha value is -0.830. The highest BCUT2D eigenvalue weighted by atomic mass is 16.5. The van der Waals surface area contributed by atoms with E-state index in [1.54, 1.807) is 0 Å². The number of hydrogen-bond donors (Lipinski definition) is 1. The van der Waals surface area contributed by atoms with Gasteiger partial charge in [0.15, 0.2) is 0 Å². The maximum absolute atomic E-state index is 11.3. The first-order valence-corrected chi connectivity index (χ1v) is 4.91. The molecule has 1 heterocycles. The summed E-state index contributed by atoms with van der Waals surface area (Å²) in [6.45, 7) is 3.48. The van der Waals surface area contributed by atoms with Crippen LogP contribution in [0.5, 0.6) is 0 Å². The second-order valence-corrected chi connectivity index (χ2v) is 3.17. The lowest BCUT2D eigenvalue weighted by Crippen LogP contribution is -2.38. The van der Waals surface area contributed by atoms with Crippen LogP contribution in [0.1, 0.15) is 26.2 Å². The van der Waals surface area contributed by atoms with Crippen molar-refractivity contribution in [2.75, 3.05) is 13.2 Å². The Morgan fingerprint density at radius 3 is 3.15 bits per heavy atom. The summed E-state index contributed by atoms with van der Waals surface area (Å²) in [5.74, 6) is -0.149. The second-order valence-electron chi connectivity index (χ2n) is 3.17. The zero-order valence-electron chi connectivity index (χ0n) is 8.08. The Morgan fingerprint density at radius 2 is 2.54 bits per heavy atom. The molecule has 0 fully saturated rings. The summed E-state index contributed by atoms with van der Waals surface area (Å²) in [5, 5.41) is 3.08. The Balaban J connectivity index is 2.21. The maximum atomic E-state index is 11.3. The van der Waals surface area contributed by atoms with E-state index in [0.717, 1.165) is 25.8 Å². The van der Waals surface area contributed by atoms with E-state index in [-0.39, 0.29) is 12.0 Å². The normalized spacial score (nSPS) is 21.5. The van der Waals surface area contributed by atoms with Crippen LogP contribution in [0.4, 0.5) is 0 Å². The minimum Gasteiger partial charge on any atom is -0.464 e. The fraction of sp³-hybridized carbons (Fsp3) is 0.700. The van der Waals surface area contributed by atoms with Gasteiger partial charge in [-0.05, 0) is 19.4 Å². The van der Waals surface area contributed by atoms with Gasteiger partial charge in [0, 0.05) is 0 Å². The molecule has 1 atom stereocenters. The minimum atomic E-state index is -0.217. The second kappa shape index (κ2) is 5.75. The van der Waals surface area contributed by atoms with Crippen molar-refractivity contribution in [1.82, 2.24) is 5.32 Å². The summed E-state index contributed by atoms with van der Waals surface area (Å²) in [5.41, 5.74) is 0. The van der Waals surface area contributed by atoms with Gasteiger partial charge in [0.1, 0.15) is 6.04 Å². The van der Waals surface area contributed by atoms with Gasteiger partial charge in [0.2, 0.25) is 0 Å². The Kier molecular flexibility index (Phi) is 4.54. The lowest BCUT2D eigenvalue weighted by atomic mass is 10.2. The molecule has 1 N–H and O–H groups in total. The monoisotopic (exact) mass is 183 g/mol. The molecular formula is C10H17NO2. The third kappa shape index (κ3) is 3.59. The summed E-state index contributed by atoms with van der Waals surface area (Å²) in [6.07, 6.45) is 6.89. The first kappa shape index (κ1) is 10.3. The molecule has 3 nitrogen and oxygen atoms in total. The smallest absolute Gasteiger partial charge is 0.327 e. The molecule has 0 radical (unpaired) electrons. The highest BCUT2D eigenvalue weighted by Gasteiger charge is 2.17. The van der Waals surface area contributed by atoms with E-state index in [2.05, 4.69) is 12.2 Å². The highest BCUT2D eigenvalue weighted by molar-refractivity contribution is 5.78. The molecule has 0 saturated heterocycles. The molecule has 13 heavy (non-hydrogen) atoms. The Morgan fingerprint density at radius 1 is 1.69 bits per heavy atom. The van der Waals surface area contributed by atoms with Crippen LogP contribution < -0.4 is 5.32 Å². The summed E-state index contributed by atoms with van der Waals surface area (Å²) in [6, 6.07) is -0.217. The lowest BCUT2D eigenvalue weighted by molar-refractivity contribution is -0.145. The first-order chi connectivity index (χ1) is 6.34. The number of nitrogens with one attached hydrogen (secondary N) is 1. The molecule has 0 aromatic heterocycles. The maximum Gasteiger partial charge on any atom is 0.327 e. The summed E-state index contributed by atoms with van der Waals surface area (Å²) < 4.78 is 5.07. The fourth-order valence-electron chi connectivity index (χ4n) is 1.19. The van der Waals surface area contributed by atoms with Crippen molar-refractivity contribution in [3.63, 3.8) is 0 Å². The standard InChI is InChI=1S/C10H17NO2/c1-2-3-8-13-10(12)9-6-4-5-7-11-9/h4,6,9,11H,2-3,5,7-8H2,1H3. The number of carbonyl (C=O) groups is 1. The number of ether oxygens (including phenoxy) is 1. The van der Waals surface area contributed by atoms with Gasteiger partial charge in [-0.2, -0.15) is 0 Å². The molecule has 0 spiro atoms. The molecule has 1 rings (SSSR count). The summed E-state index contributed by atoms with van der Waals surface area (Å²) in [7, 11) is 0. The third-order valence-electron chi connectivity index (χ3n) is 2.00. The quantitative estimate of drug-likeness (QED) is 0.405. The zero-order valence-corrected chi connectivity index (χ0v) is 8.08. The summed E-state index contributed by atoms with van der Waals surface area (Å²) in [4.78, 5) is 11.3. The van der Waals surface area contributed by atoms with Gasteiger partial charge >= 0.3 is 5.97 Å². The molecule has 0 aliphatic carbocycles. The molecule has 0 bridgehead atoms. The van der Waals surface area contributed by atoms with Crippen LogP contribution in [0, 0.1) is 0 Å². The topological polar surface area (TPSA) is 38.3 Å². The van der Waals surface area contributed by atoms with Crippen molar-refractivity contribution in [2.45, 2.75) is 32.2 Å². The van der Waals surface area contributed by atoms with Gasteiger partial charge in [-0.3, -0.25) is 4.79 Å². The van der Waals surface area contributed by atoms with Crippen molar-refractivity contribution >= 4 is 5.97 Å². The van der Waals surface area contributed by atoms with E-state index in [1.165, 1.54) is 0 Å². The molecule has 0 aromatic carbocycles. The molecule has 1 unspecified atom stereocenters. The molecule has 3 heteroatoms. The Labute approximate surface area is 79.2 Å². The van der Waals surface area contributed by atoms with Crippen LogP contribution in [-0.4, -0.2) is 25.2 Å². The molecule has 1 aliphatic heterocycles. The van der Waals surface area contributed by atoms with Gasteiger partial charge in [-0.25, -0.2) is 0 Å². The van der Waals surface area contributed by atoms with Crippen LogP contribution >= 0.6 is 0 Å². The molecule has 74 valence electrons. The molecule has 0 amide bonds. The van der Waals surface area contributed by atoms with Crippen molar-refractivity contribution in [3.8, 4) is 0 Å². The van der Waals surface area contributed by atoms with E-state index >= 15 is 0 Å². The summed E-state index contributed by atoms with van der Waals surface area (Å²) >= 11 is 0. The number of carbonyl (C=O) groups excluding carboxylic acids is 1. The van der Waals surface area contributed by atoms with Crippen LogP contribution in [0.15, 0.2) is 12.2 Å². The van der Waals surface area contributed by atoms with Gasteiger partial charge in [0.05, 0.1) is 6.61 Å². The van der Waals surface area contributed by atoms with Crippen LogP contribution in [-0.2, 0) is 9.53 Å². The number of rotatable bonds is 4. The molecule has 1 aliphatic rings. The van der Waals surface area contributed by atoms with Crippen molar-refractivity contribution < 1.29 is 9.53 Å². The zero-order chi connectivity index (χ0) is 9.52. The Bertz CT molecular complexity index is 189. The van der Waals surface area contributed by atoms with E-state index in [4.69, 9.17) is 4.74 Å². The number of esters is 1. The van der Waals surface area contributed by atoms with Crippen molar-refractivity contribution in [3.05, 3.63) is 12.2 Å². The van der Waals surface area contributed by atoms with Crippen LogP contribution in [0.3, 0.4) is 0 Å². The molecule has 0 aromatic rings.